The van der Waals surface area contributed by atoms with E-state index in [4.69, 9.17) is 0 Å². The van der Waals surface area contributed by atoms with E-state index in [1.807, 2.05) is 30.5 Å². The van der Waals surface area contributed by atoms with E-state index in [1.54, 1.807) is 37.7 Å². The predicted octanol–water partition coefficient (Wildman–Crippen LogP) is 2.53. The molecule has 164 valence electrons. The lowest BCUT2D eigenvalue weighted by atomic mass is 9.98. The molecule has 0 spiro atoms. The minimum atomic E-state index is -3.17. The molecule has 8 heteroatoms. The average Bonchev–Trinajstić information content (AvgIpc) is 3.27. The van der Waals surface area contributed by atoms with Gasteiger partial charge in [0.2, 0.25) is 0 Å². The maximum atomic E-state index is 13.3. The molecule has 0 bridgehead atoms. The third-order valence-electron chi connectivity index (χ3n) is 6.48. The summed E-state index contributed by atoms with van der Waals surface area (Å²) < 4.78 is 25.5. The highest BCUT2D eigenvalue weighted by Crippen LogP contribution is 2.29. The van der Waals surface area contributed by atoms with E-state index < -0.39 is 21.3 Å². The second kappa shape index (κ2) is 7.67. The van der Waals surface area contributed by atoms with Crippen molar-refractivity contribution in [2.45, 2.75) is 38.8 Å². The number of nitrogens with zero attached hydrogens (tertiary/aromatic N) is 2. The number of fused-ring (bicyclic) bond motifs is 1. The second-order valence-corrected chi connectivity index (χ2v) is 10.9. The van der Waals surface area contributed by atoms with Crippen LogP contribution in [0.5, 0.6) is 0 Å². The van der Waals surface area contributed by atoms with E-state index >= 15 is 0 Å². The Labute approximate surface area is 181 Å². The van der Waals surface area contributed by atoms with Crippen molar-refractivity contribution in [1.82, 2.24) is 14.5 Å². The van der Waals surface area contributed by atoms with Crippen LogP contribution in [0, 0.1) is 6.92 Å². The summed E-state index contributed by atoms with van der Waals surface area (Å²) >= 11 is 0. The zero-order valence-corrected chi connectivity index (χ0v) is 18.8. The largest absolute Gasteiger partial charge is 0.361 e. The van der Waals surface area contributed by atoms with Gasteiger partial charge in [0.25, 0.3) is 11.5 Å². The van der Waals surface area contributed by atoms with Crippen molar-refractivity contribution in [3.8, 4) is 0 Å². The van der Waals surface area contributed by atoms with Crippen LogP contribution in [0.3, 0.4) is 0 Å². The third-order valence-corrected chi connectivity index (χ3v) is 8.37. The molecule has 3 aromatic rings. The van der Waals surface area contributed by atoms with Crippen LogP contribution >= 0.6 is 0 Å². The van der Waals surface area contributed by atoms with E-state index in [0.29, 0.717) is 24.9 Å². The summed E-state index contributed by atoms with van der Waals surface area (Å²) in [6.45, 7) is 3.94. The molecule has 4 rings (SSSR count). The number of carbonyl (C=O) groups excluding carboxylic acids is 1. The highest BCUT2D eigenvalue weighted by molar-refractivity contribution is 7.91. The molecule has 1 amide bonds. The van der Waals surface area contributed by atoms with Gasteiger partial charge in [0.15, 0.2) is 9.84 Å². The Balaban J connectivity index is 1.60. The molecule has 1 aliphatic rings. The Morgan fingerprint density at radius 1 is 1.26 bits per heavy atom. The molecule has 2 aromatic heterocycles. The number of amides is 1. The summed E-state index contributed by atoms with van der Waals surface area (Å²) in [5.41, 5.74) is 1.70. The fraction of sp³-hybridized carbons (Fsp3) is 0.391. The molecule has 1 aliphatic heterocycles. The summed E-state index contributed by atoms with van der Waals surface area (Å²) in [6.07, 6.45) is 4.68. The molecule has 3 heterocycles. The molecule has 1 saturated heterocycles. The molecule has 7 nitrogen and oxygen atoms in total. The van der Waals surface area contributed by atoms with Crippen molar-refractivity contribution in [1.29, 1.82) is 0 Å². The quantitative estimate of drug-likeness (QED) is 0.659. The Morgan fingerprint density at radius 2 is 2.00 bits per heavy atom. The van der Waals surface area contributed by atoms with Crippen molar-refractivity contribution < 1.29 is 13.2 Å². The van der Waals surface area contributed by atoms with Gasteiger partial charge in [0.1, 0.15) is 5.56 Å². The lowest BCUT2D eigenvalue weighted by Crippen LogP contribution is -2.50. The standard InChI is InChI=1S/C23H27N3O4S/c1-16-8-11-26(12-9-17-14-24-19-7-5-4-6-18(17)19)22(28)20(16)21(27)25(3)23(2)10-13-31(29,30)15-23/h4-8,11,14,24H,9-10,12-13,15H2,1-3H3. The molecule has 1 N–H and O–H groups in total. The highest BCUT2D eigenvalue weighted by Gasteiger charge is 2.44. The normalized spacial score (nSPS) is 20.2. The average molecular weight is 442 g/mol. The number of rotatable bonds is 5. The van der Waals surface area contributed by atoms with E-state index in [9.17, 15) is 18.0 Å². The maximum Gasteiger partial charge on any atom is 0.263 e. The number of nitrogens with one attached hydrogen (secondary N) is 1. The van der Waals surface area contributed by atoms with E-state index in [0.717, 1.165) is 16.5 Å². The summed E-state index contributed by atoms with van der Waals surface area (Å²) in [5.74, 6) is -0.448. The first kappa shape index (κ1) is 21.4. The summed E-state index contributed by atoms with van der Waals surface area (Å²) in [4.78, 5) is 31.1. The number of pyridine rings is 1. The number of benzene rings is 1. The number of aromatic nitrogens is 2. The number of hydrogen-bond donors (Lipinski definition) is 1. The van der Waals surface area contributed by atoms with Gasteiger partial charge in [-0.3, -0.25) is 9.59 Å². The molecule has 0 radical (unpaired) electrons. The van der Waals surface area contributed by atoms with Crippen molar-refractivity contribution >= 4 is 26.6 Å². The van der Waals surface area contributed by atoms with Gasteiger partial charge >= 0.3 is 0 Å². The van der Waals surface area contributed by atoms with Gasteiger partial charge in [-0.2, -0.15) is 0 Å². The molecule has 1 unspecified atom stereocenters. The van der Waals surface area contributed by atoms with Crippen LogP contribution in [0.4, 0.5) is 0 Å². The SMILES string of the molecule is Cc1ccn(CCc2c[nH]c3ccccc23)c(=O)c1C(=O)N(C)C1(C)CCS(=O)(=O)C1. The molecule has 1 atom stereocenters. The smallest absolute Gasteiger partial charge is 0.263 e. The van der Waals surface area contributed by atoms with E-state index in [-0.39, 0.29) is 22.6 Å². The lowest BCUT2D eigenvalue weighted by molar-refractivity contribution is 0.0635. The van der Waals surface area contributed by atoms with Crippen LogP contribution < -0.4 is 5.56 Å². The number of hydrogen-bond acceptors (Lipinski definition) is 4. The maximum absolute atomic E-state index is 13.3. The van der Waals surface area contributed by atoms with Gasteiger partial charge in [-0.05, 0) is 49.9 Å². The van der Waals surface area contributed by atoms with Gasteiger partial charge in [-0.25, -0.2) is 8.42 Å². The highest BCUT2D eigenvalue weighted by atomic mass is 32.2. The molecular formula is C23H27N3O4S. The Hall–Kier alpha value is -2.87. The van der Waals surface area contributed by atoms with Crippen LogP contribution in [0.25, 0.3) is 10.9 Å². The molecule has 31 heavy (non-hydrogen) atoms. The minimum Gasteiger partial charge on any atom is -0.361 e. The molecule has 1 fully saturated rings. The molecule has 0 saturated carbocycles. The topological polar surface area (TPSA) is 92.2 Å². The van der Waals surface area contributed by atoms with Gasteiger partial charge in [-0.1, -0.05) is 18.2 Å². The predicted molar refractivity (Wildman–Crippen MR) is 121 cm³/mol. The number of sulfone groups is 1. The first-order valence-electron chi connectivity index (χ1n) is 10.3. The van der Waals surface area contributed by atoms with Crippen LogP contribution in [0.1, 0.15) is 34.8 Å². The van der Waals surface area contributed by atoms with Gasteiger partial charge < -0.3 is 14.5 Å². The zero-order chi connectivity index (χ0) is 22.4. The van der Waals surface area contributed by atoms with Crippen LogP contribution in [-0.4, -0.2) is 52.9 Å². The number of H-pyrrole nitrogens is 1. The Kier molecular flexibility index (Phi) is 5.29. The van der Waals surface area contributed by atoms with Crippen LogP contribution in [0.2, 0.25) is 0 Å². The summed E-state index contributed by atoms with van der Waals surface area (Å²) in [7, 11) is -1.59. The second-order valence-electron chi connectivity index (χ2n) is 8.68. The number of para-hydroxylation sites is 1. The number of carbonyl (C=O) groups is 1. The molecular weight excluding hydrogens is 414 g/mol. The number of aromatic amines is 1. The lowest BCUT2D eigenvalue weighted by Gasteiger charge is -2.34. The van der Waals surface area contributed by atoms with Crippen LogP contribution in [0.15, 0.2) is 47.5 Å². The first-order valence-corrected chi connectivity index (χ1v) is 12.2. The summed E-state index contributed by atoms with van der Waals surface area (Å²) in [5, 5.41) is 1.12. The van der Waals surface area contributed by atoms with Gasteiger partial charge in [0, 0.05) is 36.9 Å². The monoisotopic (exact) mass is 441 g/mol. The van der Waals surface area contributed by atoms with Crippen molar-refractivity contribution in [3.63, 3.8) is 0 Å². The van der Waals surface area contributed by atoms with Crippen molar-refractivity contribution in [3.05, 3.63) is 69.8 Å². The minimum absolute atomic E-state index is 0.0593. The third kappa shape index (κ3) is 3.92. The zero-order valence-electron chi connectivity index (χ0n) is 18.0. The Bertz CT molecular complexity index is 1320. The fourth-order valence-corrected chi connectivity index (χ4v) is 6.53. The van der Waals surface area contributed by atoms with Gasteiger partial charge in [0.05, 0.1) is 17.0 Å². The first-order chi connectivity index (χ1) is 14.6. The Morgan fingerprint density at radius 3 is 2.71 bits per heavy atom. The van der Waals surface area contributed by atoms with Crippen LogP contribution in [-0.2, 0) is 22.8 Å². The molecule has 0 aliphatic carbocycles. The van der Waals surface area contributed by atoms with Crippen molar-refractivity contribution in [2.75, 3.05) is 18.6 Å². The molecule has 1 aromatic carbocycles. The number of aryl methyl sites for hydroxylation is 3. The summed E-state index contributed by atoms with van der Waals surface area (Å²) in [6, 6.07) is 9.77. The van der Waals surface area contributed by atoms with Gasteiger partial charge in [-0.15, -0.1) is 0 Å². The van der Waals surface area contributed by atoms with E-state index in [2.05, 4.69) is 4.98 Å². The van der Waals surface area contributed by atoms with E-state index in [1.165, 1.54) is 4.90 Å². The fourth-order valence-electron chi connectivity index (χ4n) is 4.35. The van der Waals surface area contributed by atoms with Crippen molar-refractivity contribution in [2.24, 2.45) is 0 Å².